The largest absolute Gasteiger partial charge is 0.341 e. The first-order chi connectivity index (χ1) is 13.1. The molecular weight excluding hydrogens is 338 g/mol. The van der Waals surface area contributed by atoms with Gasteiger partial charge in [-0.15, -0.1) is 0 Å². The van der Waals surface area contributed by atoms with Gasteiger partial charge in [-0.05, 0) is 41.0 Å². The van der Waals surface area contributed by atoms with Crippen molar-refractivity contribution in [3.05, 3.63) is 84.4 Å². The second-order valence-corrected chi connectivity index (χ2v) is 6.07. The van der Waals surface area contributed by atoms with Gasteiger partial charge in [0.05, 0.1) is 6.42 Å². The smallest absolute Gasteiger partial charge is 0.318 e. The van der Waals surface area contributed by atoms with Gasteiger partial charge >= 0.3 is 6.03 Å². The molecule has 5 nitrogen and oxygen atoms in total. The van der Waals surface area contributed by atoms with E-state index < -0.39 is 0 Å². The summed E-state index contributed by atoms with van der Waals surface area (Å²) in [5.74, 6) is -0.0885. The second-order valence-electron chi connectivity index (χ2n) is 6.07. The van der Waals surface area contributed by atoms with Gasteiger partial charge in [0.1, 0.15) is 0 Å². The van der Waals surface area contributed by atoms with E-state index in [9.17, 15) is 9.59 Å². The summed E-state index contributed by atoms with van der Waals surface area (Å²) in [7, 11) is 1.55. The number of carbonyl (C=O) groups excluding carboxylic acids is 2. The number of amides is 3. The van der Waals surface area contributed by atoms with Gasteiger partial charge in [0.2, 0.25) is 5.91 Å². The highest BCUT2D eigenvalue weighted by atomic mass is 16.2. The van der Waals surface area contributed by atoms with Crippen LogP contribution in [0.3, 0.4) is 0 Å². The van der Waals surface area contributed by atoms with Crippen molar-refractivity contribution in [2.24, 2.45) is 0 Å². The summed E-state index contributed by atoms with van der Waals surface area (Å²) in [5.41, 5.74) is 4.57. The van der Waals surface area contributed by atoms with Crippen LogP contribution >= 0.6 is 0 Å². The lowest BCUT2D eigenvalue weighted by molar-refractivity contribution is -0.115. The fourth-order valence-electron chi connectivity index (χ4n) is 2.67. The van der Waals surface area contributed by atoms with E-state index in [0.29, 0.717) is 17.8 Å². The Hall–Kier alpha value is -3.60. The number of hydrogen-bond donors (Lipinski definition) is 3. The SMILES string of the molecule is CNC(=O)Nc1ccc(NC(=O)Cc2ccc(-c3ccccc3)cc2)cc1. The molecule has 0 saturated carbocycles. The summed E-state index contributed by atoms with van der Waals surface area (Å²) < 4.78 is 0. The molecule has 3 N–H and O–H groups in total. The lowest BCUT2D eigenvalue weighted by Crippen LogP contribution is -2.24. The zero-order valence-corrected chi connectivity index (χ0v) is 15.0. The Balaban J connectivity index is 1.57. The van der Waals surface area contributed by atoms with E-state index >= 15 is 0 Å². The maximum Gasteiger partial charge on any atom is 0.318 e. The van der Waals surface area contributed by atoms with Crippen LogP contribution in [0, 0.1) is 0 Å². The molecule has 3 amide bonds. The minimum atomic E-state index is -0.286. The lowest BCUT2D eigenvalue weighted by Gasteiger charge is -2.08. The van der Waals surface area contributed by atoms with Crippen LogP contribution in [0.4, 0.5) is 16.2 Å². The van der Waals surface area contributed by atoms with Crippen LogP contribution in [0.15, 0.2) is 78.9 Å². The Labute approximate surface area is 158 Å². The number of rotatable bonds is 5. The molecule has 5 heteroatoms. The molecule has 0 unspecified atom stereocenters. The highest BCUT2D eigenvalue weighted by molar-refractivity contribution is 5.93. The minimum absolute atomic E-state index is 0.0885. The molecule has 0 aliphatic heterocycles. The molecule has 27 heavy (non-hydrogen) atoms. The molecule has 3 aromatic carbocycles. The predicted molar refractivity (Wildman–Crippen MR) is 109 cm³/mol. The molecule has 0 radical (unpaired) electrons. The second kappa shape index (κ2) is 8.67. The highest BCUT2D eigenvalue weighted by Gasteiger charge is 2.06. The standard InChI is InChI=1S/C22H21N3O2/c1-23-22(27)25-20-13-11-19(12-14-20)24-21(26)15-16-7-9-18(10-8-16)17-5-3-2-4-6-17/h2-14H,15H2,1H3,(H,24,26)(H2,23,25,27). The fraction of sp³-hybridized carbons (Fsp3) is 0.0909. The van der Waals surface area contributed by atoms with E-state index in [1.807, 2.05) is 42.5 Å². The fourth-order valence-corrected chi connectivity index (χ4v) is 2.67. The topological polar surface area (TPSA) is 70.2 Å². The Kier molecular flexibility index (Phi) is 5.84. The van der Waals surface area contributed by atoms with Crippen molar-refractivity contribution >= 4 is 23.3 Å². The highest BCUT2D eigenvalue weighted by Crippen LogP contribution is 2.20. The average Bonchev–Trinajstić information content (AvgIpc) is 2.70. The van der Waals surface area contributed by atoms with Gasteiger partial charge in [-0.1, -0.05) is 54.6 Å². The summed E-state index contributed by atoms with van der Waals surface area (Å²) >= 11 is 0. The van der Waals surface area contributed by atoms with Crippen molar-refractivity contribution in [1.82, 2.24) is 5.32 Å². The van der Waals surface area contributed by atoms with Crippen LogP contribution in [-0.4, -0.2) is 19.0 Å². The first-order valence-corrected chi connectivity index (χ1v) is 8.67. The van der Waals surface area contributed by atoms with Crippen molar-refractivity contribution in [3.8, 4) is 11.1 Å². The average molecular weight is 359 g/mol. The van der Waals surface area contributed by atoms with Gasteiger partial charge in [-0.2, -0.15) is 0 Å². The van der Waals surface area contributed by atoms with E-state index in [1.165, 1.54) is 0 Å². The van der Waals surface area contributed by atoms with E-state index in [-0.39, 0.29) is 11.9 Å². The Morgan fingerprint density at radius 2 is 1.26 bits per heavy atom. The van der Waals surface area contributed by atoms with E-state index in [4.69, 9.17) is 0 Å². The molecule has 0 atom stereocenters. The van der Waals surface area contributed by atoms with Crippen LogP contribution in [0.25, 0.3) is 11.1 Å². The third-order valence-corrected chi connectivity index (χ3v) is 4.08. The zero-order chi connectivity index (χ0) is 19.1. The third kappa shape index (κ3) is 5.19. The summed E-state index contributed by atoms with van der Waals surface area (Å²) in [6, 6.07) is 24.8. The number of urea groups is 1. The molecule has 0 heterocycles. The van der Waals surface area contributed by atoms with Gasteiger partial charge in [0.15, 0.2) is 0 Å². The number of hydrogen-bond acceptors (Lipinski definition) is 2. The lowest BCUT2D eigenvalue weighted by atomic mass is 10.0. The summed E-state index contributed by atoms with van der Waals surface area (Å²) in [5, 5.41) is 8.01. The quantitative estimate of drug-likeness (QED) is 0.636. The monoisotopic (exact) mass is 359 g/mol. The van der Waals surface area contributed by atoms with Crippen molar-refractivity contribution in [2.45, 2.75) is 6.42 Å². The van der Waals surface area contributed by atoms with E-state index in [2.05, 4.69) is 28.1 Å². The zero-order valence-electron chi connectivity index (χ0n) is 15.0. The first kappa shape index (κ1) is 18.2. The van der Waals surface area contributed by atoms with Crippen molar-refractivity contribution in [3.63, 3.8) is 0 Å². The molecular formula is C22H21N3O2. The molecule has 3 rings (SSSR count). The van der Waals surface area contributed by atoms with Gasteiger partial charge in [0, 0.05) is 18.4 Å². The molecule has 0 saturated heterocycles. The van der Waals surface area contributed by atoms with Crippen LogP contribution in [0.1, 0.15) is 5.56 Å². The normalized spacial score (nSPS) is 10.1. The van der Waals surface area contributed by atoms with Gasteiger partial charge in [-0.3, -0.25) is 4.79 Å². The molecule has 3 aromatic rings. The van der Waals surface area contributed by atoms with Crippen LogP contribution < -0.4 is 16.0 Å². The van der Waals surface area contributed by atoms with Gasteiger partial charge < -0.3 is 16.0 Å². The first-order valence-electron chi connectivity index (χ1n) is 8.67. The molecule has 0 spiro atoms. The maximum absolute atomic E-state index is 12.3. The molecule has 0 aromatic heterocycles. The minimum Gasteiger partial charge on any atom is -0.341 e. The van der Waals surface area contributed by atoms with Crippen molar-refractivity contribution in [2.75, 3.05) is 17.7 Å². The van der Waals surface area contributed by atoms with Crippen molar-refractivity contribution < 1.29 is 9.59 Å². The van der Waals surface area contributed by atoms with Crippen LogP contribution in [0.5, 0.6) is 0 Å². The summed E-state index contributed by atoms with van der Waals surface area (Å²) in [6.45, 7) is 0. The molecule has 0 aliphatic rings. The van der Waals surface area contributed by atoms with Crippen molar-refractivity contribution in [1.29, 1.82) is 0 Å². The Bertz CT molecular complexity index is 905. The van der Waals surface area contributed by atoms with Crippen LogP contribution in [0.2, 0.25) is 0 Å². The third-order valence-electron chi connectivity index (χ3n) is 4.08. The molecule has 136 valence electrons. The van der Waals surface area contributed by atoms with E-state index in [1.54, 1.807) is 31.3 Å². The molecule has 0 bridgehead atoms. The summed E-state index contributed by atoms with van der Waals surface area (Å²) in [6.07, 6.45) is 0.299. The van der Waals surface area contributed by atoms with Gasteiger partial charge in [-0.25, -0.2) is 4.79 Å². The van der Waals surface area contributed by atoms with Crippen LogP contribution in [-0.2, 0) is 11.2 Å². The molecule has 0 aliphatic carbocycles. The Morgan fingerprint density at radius 3 is 1.85 bits per heavy atom. The number of benzene rings is 3. The van der Waals surface area contributed by atoms with E-state index in [0.717, 1.165) is 16.7 Å². The maximum atomic E-state index is 12.3. The Morgan fingerprint density at radius 1 is 0.704 bits per heavy atom. The predicted octanol–water partition coefficient (Wildman–Crippen LogP) is 4.29. The number of nitrogens with one attached hydrogen (secondary N) is 3. The molecule has 0 fully saturated rings. The summed E-state index contributed by atoms with van der Waals surface area (Å²) in [4.78, 5) is 23.5. The van der Waals surface area contributed by atoms with Gasteiger partial charge in [0.25, 0.3) is 0 Å². The number of anilines is 2. The number of carbonyl (C=O) groups is 2.